The van der Waals surface area contributed by atoms with Crippen LogP contribution in [0.15, 0.2) is 12.1 Å². The molecular weight excluding hydrogens is 316 g/mol. The lowest BCUT2D eigenvalue weighted by atomic mass is 9.77. The minimum Gasteiger partial charge on any atom is -0.507 e. The topological polar surface area (TPSA) is 20.2 Å². The van der Waals surface area contributed by atoms with Gasteiger partial charge in [0.05, 0.1) is 0 Å². The zero-order valence-corrected chi connectivity index (χ0v) is 16.5. The van der Waals surface area contributed by atoms with E-state index in [9.17, 15) is 5.11 Å². The molecule has 143 valence electrons. The Balaban J connectivity index is 1.63. The number of hydrogen-bond acceptors (Lipinski definition) is 1. The minimum absolute atomic E-state index is 0.589. The van der Waals surface area contributed by atoms with E-state index < -0.39 is 0 Å². The summed E-state index contributed by atoms with van der Waals surface area (Å²) in [5.74, 6) is 2.60. The third-order valence-electron chi connectivity index (χ3n) is 7.36. The summed E-state index contributed by atoms with van der Waals surface area (Å²) in [5, 5.41) is 11.2. The summed E-state index contributed by atoms with van der Waals surface area (Å²) in [6, 6.07) is 4.73. The molecule has 4 rings (SSSR count). The van der Waals surface area contributed by atoms with Gasteiger partial charge in [-0.3, -0.25) is 0 Å². The second-order valence-electron chi connectivity index (χ2n) is 9.28. The van der Waals surface area contributed by atoms with Gasteiger partial charge in [0.25, 0.3) is 0 Å². The van der Waals surface area contributed by atoms with Gasteiger partial charge < -0.3 is 5.11 Å². The molecule has 3 fully saturated rings. The SMILES string of the molecule is Oc1c(C2CCCCC2)cc([CH]C2CCCCC2)cc1C1CCCCC1. The standard InChI is InChI=1S/C25H37O/c26-25-23(21-12-6-2-7-13-21)17-20(16-19-10-4-1-5-11-19)18-24(25)22-14-8-3-9-15-22/h16-19,21-22,26H,1-15H2. The van der Waals surface area contributed by atoms with Crippen molar-refractivity contribution in [2.45, 2.75) is 108 Å². The molecule has 0 heterocycles. The van der Waals surface area contributed by atoms with Crippen molar-refractivity contribution in [3.05, 3.63) is 35.2 Å². The van der Waals surface area contributed by atoms with Crippen LogP contribution in [0.25, 0.3) is 0 Å². The summed E-state index contributed by atoms with van der Waals surface area (Å²) in [7, 11) is 0. The van der Waals surface area contributed by atoms with Crippen molar-refractivity contribution < 1.29 is 5.11 Å². The first-order valence-corrected chi connectivity index (χ1v) is 11.5. The molecule has 0 aromatic heterocycles. The maximum Gasteiger partial charge on any atom is 0.122 e. The van der Waals surface area contributed by atoms with Crippen LogP contribution in [0.1, 0.15) is 125 Å². The highest BCUT2D eigenvalue weighted by Crippen LogP contribution is 2.45. The van der Waals surface area contributed by atoms with Crippen LogP contribution in [-0.2, 0) is 0 Å². The molecule has 1 aromatic rings. The highest BCUT2D eigenvalue weighted by molar-refractivity contribution is 5.49. The molecule has 0 saturated heterocycles. The molecule has 0 bridgehead atoms. The van der Waals surface area contributed by atoms with E-state index in [-0.39, 0.29) is 0 Å². The monoisotopic (exact) mass is 353 g/mol. The first kappa shape index (κ1) is 18.4. The first-order chi connectivity index (χ1) is 12.8. The highest BCUT2D eigenvalue weighted by Gasteiger charge is 2.26. The van der Waals surface area contributed by atoms with Crippen LogP contribution in [0.2, 0.25) is 0 Å². The predicted octanol–water partition coefficient (Wildman–Crippen LogP) is 7.62. The third kappa shape index (κ3) is 4.29. The zero-order chi connectivity index (χ0) is 17.8. The van der Waals surface area contributed by atoms with Crippen LogP contribution in [0.4, 0.5) is 0 Å². The second-order valence-corrected chi connectivity index (χ2v) is 9.28. The van der Waals surface area contributed by atoms with Crippen molar-refractivity contribution in [3.63, 3.8) is 0 Å². The summed E-state index contributed by atoms with van der Waals surface area (Å²) >= 11 is 0. The van der Waals surface area contributed by atoms with E-state index in [1.54, 1.807) is 0 Å². The maximum atomic E-state index is 11.2. The van der Waals surface area contributed by atoms with E-state index in [2.05, 4.69) is 18.6 Å². The molecule has 1 nitrogen and oxygen atoms in total. The molecule has 1 heteroatoms. The van der Waals surface area contributed by atoms with Crippen molar-refractivity contribution >= 4 is 0 Å². The van der Waals surface area contributed by atoms with Crippen LogP contribution in [0, 0.1) is 12.3 Å². The average Bonchev–Trinajstić information content (AvgIpc) is 2.71. The summed E-state index contributed by atoms with van der Waals surface area (Å²) < 4.78 is 0. The van der Waals surface area contributed by atoms with Gasteiger partial charge in [-0.15, -0.1) is 0 Å². The van der Waals surface area contributed by atoms with Gasteiger partial charge in [-0.1, -0.05) is 69.9 Å². The summed E-state index contributed by atoms with van der Waals surface area (Å²) in [6.07, 6.45) is 22.6. The van der Waals surface area contributed by atoms with Crippen molar-refractivity contribution in [1.82, 2.24) is 0 Å². The third-order valence-corrected chi connectivity index (χ3v) is 7.36. The van der Waals surface area contributed by atoms with Gasteiger partial charge >= 0.3 is 0 Å². The van der Waals surface area contributed by atoms with E-state index in [4.69, 9.17) is 0 Å². The van der Waals surface area contributed by atoms with Crippen molar-refractivity contribution in [3.8, 4) is 5.75 Å². The Hall–Kier alpha value is -0.980. The molecule has 3 saturated carbocycles. The molecule has 1 radical (unpaired) electrons. The van der Waals surface area contributed by atoms with E-state index in [1.165, 1.54) is 113 Å². The Bertz CT molecular complexity index is 533. The fourth-order valence-corrected chi connectivity index (χ4v) is 5.82. The predicted molar refractivity (Wildman–Crippen MR) is 110 cm³/mol. The first-order valence-electron chi connectivity index (χ1n) is 11.5. The minimum atomic E-state index is 0.589. The Morgan fingerprint density at radius 2 is 1.04 bits per heavy atom. The molecule has 0 amide bonds. The van der Waals surface area contributed by atoms with Crippen LogP contribution >= 0.6 is 0 Å². The molecule has 26 heavy (non-hydrogen) atoms. The molecular formula is C25H37O. The lowest BCUT2D eigenvalue weighted by Crippen LogP contribution is -2.12. The molecule has 1 aromatic carbocycles. The van der Waals surface area contributed by atoms with Crippen LogP contribution in [0.5, 0.6) is 5.75 Å². The largest absolute Gasteiger partial charge is 0.507 e. The Labute approximate surface area is 160 Å². The number of phenols is 1. The van der Waals surface area contributed by atoms with Crippen molar-refractivity contribution in [1.29, 1.82) is 0 Å². The lowest BCUT2D eigenvalue weighted by Gasteiger charge is -2.29. The maximum absolute atomic E-state index is 11.2. The Kier molecular flexibility index (Phi) is 6.23. The van der Waals surface area contributed by atoms with E-state index in [0.717, 1.165) is 5.92 Å². The molecule has 3 aliphatic rings. The number of rotatable bonds is 4. The average molecular weight is 354 g/mol. The Morgan fingerprint density at radius 1 is 0.615 bits per heavy atom. The van der Waals surface area contributed by atoms with Gasteiger partial charge in [0.1, 0.15) is 5.75 Å². The number of phenolic OH excluding ortho intramolecular Hbond substituents is 1. The Morgan fingerprint density at radius 3 is 1.50 bits per heavy atom. The zero-order valence-electron chi connectivity index (χ0n) is 16.5. The van der Waals surface area contributed by atoms with Gasteiger partial charge in [-0.2, -0.15) is 0 Å². The number of benzene rings is 1. The summed E-state index contributed by atoms with van der Waals surface area (Å²) in [4.78, 5) is 0. The molecule has 1 N–H and O–H groups in total. The van der Waals surface area contributed by atoms with Gasteiger partial charge in [-0.25, -0.2) is 0 Å². The normalized spacial score (nSPS) is 24.0. The van der Waals surface area contributed by atoms with E-state index >= 15 is 0 Å². The van der Waals surface area contributed by atoms with Crippen LogP contribution in [-0.4, -0.2) is 5.11 Å². The fraction of sp³-hybridized carbons (Fsp3) is 0.720. The second kappa shape index (κ2) is 8.81. The van der Waals surface area contributed by atoms with Crippen molar-refractivity contribution in [2.24, 2.45) is 5.92 Å². The summed E-state index contributed by atoms with van der Waals surface area (Å²) in [5.41, 5.74) is 3.99. The molecule has 0 aliphatic heterocycles. The van der Waals surface area contributed by atoms with Gasteiger partial charge in [0.2, 0.25) is 0 Å². The molecule has 0 unspecified atom stereocenters. The highest BCUT2D eigenvalue weighted by atomic mass is 16.3. The smallest absolute Gasteiger partial charge is 0.122 e. The summed E-state index contributed by atoms with van der Waals surface area (Å²) in [6.45, 7) is 0. The van der Waals surface area contributed by atoms with E-state index in [1.807, 2.05) is 0 Å². The molecule has 0 atom stereocenters. The van der Waals surface area contributed by atoms with Crippen LogP contribution in [0.3, 0.4) is 0 Å². The van der Waals surface area contributed by atoms with Crippen LogP contribution < -0.4 is 0 Å². The van der Waals surface area contributed by atoms with Gasteiger partial charge in [-0.05, 0) is 79.4 Å². The number of hydrogen-bond donors (Lipinski definition) is 1. The fourth-order valence-electron chi connectivity index (χ4n) is 5.82. The molecule has 3 aliphatic carbocycles. The lowest BCUT2D eigenvalue weighted by molar-refractivity contribution is 0.390. The molecule has 0 spiro atoms. The number of aromatic hydroxyl groups is 1. The van der Waals surface area contributed by atoms with Gasteiger partial charge in [0, 0.05) is 0 Å². The van der Waals surface area contributed by atoms with Gasteiger partial charge in [0.15, 0.2) is 0 Å². The quantitative estimate of drug-likeness (QED) is 0.590. The van der Waals surface area contributed by atoms with E-state index in [0.29, 0.717) is 17.6 Å². The van der Waals surface area contributed by atoms with Crippen molar-refractivity contribution in [2.75, 3.05) is 0 Å².